The van der Waals surface area contributed by atoms with E-state index in [0.29, 0.717) is 12.8 Å². The van der Waals surface area contributed by atoms with Gasteiger partial charge in [0, 0.05) is 5.54 Å². The first-order chi connectivity index (χ1) is 9.70. The molecule has 0 saturated carbocycles. The van der Waals surface area contributed by atoms with E-state index >= 15 is 0 Å². The van der Waals surface area contributed by atoms with Gasteiger partial charge < -0.3 is 5.43 Å². The summed E-state index contributed by atoms with van der Waals surface area (Å²) in [6, 6.07) is 3.93. The summed E-state index contributed by atoms with van der Waals surface area (Å²) in [7, 11) is -4.04. The number of sulfonamides is 1. The van der Waals surface area contributed by atoms with E-state index in [0.717, 1.165) is 0 Å². The number of nitrogens with two attached hydrogens (primary N) is 1. The molecule has 0 heterocycles. The van der Waals surface area contributed by atoms with Gasteiger partial charge in [-0.25, -0.2) is 13.1 Å². The molecule has 1 rings (SSSR count). The predicted octanol–water partition coefficient (Wildman–Crippen LogP) is 1.74. The Balaban J connectivity index is 3.42. The Hall–Kier alpha value is -1.71. The quantitative estimate of drug-likeness (QED) is 0.399. The highest BCUT2D eigenvalue weighted by atomic mass is 32.2. The molecule has 8 nitrogen and oxygen atoms in total. The van der Waals surface area contributed by atoms with Crippen molar-refractivity contribution in [3.8, 4) is 0 Å². The summed E-state index contributed by atoms with van der Waals surface area (Å²) in [6.07, 6.45) is 1.12. The van der Waals surface area contributed by atoms with Gasteiger partial charge in [-0.15, -0.1) is 0 Å². The minimum absolute atomic E-state index is 0.0578. The third-order valence-electron chi connectivity index (χ3n) is 3.57. The highest BCUT2D eigenvalue weighted by Gasteiger charge is 2.33. The Morgan fingerprint density at radius 2 is 1.90 bits per heavy atom. The summed E-state index contributed by atoms with van der Waals surface area (Å²) in [5.74, 6) is 5.21. The van der Waals surface area contributed by atoms with Crippen LogP contribution in [0.25, 0.3) is 0 Å². The molecule has 0 aliphatic rings. The van der Waals surface area contributed by atoms with E-state index < -0.39 is 31.1 Å². The number of hydrogen-bond donors (Lipinski definition) is 3. The molecule has 0 aromatic heterocycles. The zero-order chi connectivity index (χ0) is 16.3. The molecular weight excluding hydrogens is 296 g/mol. The average Bonchev–Trinajstić information content (AvgIpc) is 2.45. The lowest BCUT2D eigenvalue weighted by Crippen LogP contribution is -2.45. The van der Waals surface area contributed by atoms with E-state index in [-0.39, 0.29) is 5.69 Å². The van der Waals surface area contributed by atoms with Gasteiger partial charge in [0.05, 0.1) is 4.92 Å². The first kappa shape index (κ1) is 17.3. The van der Waals surface area contributed by atoms with Gasteiger partial charge in [0.15, 0.2) is 4.90 Å². The van der Waals surface area contributed by atoms with Gasteiger partial charge in [0.1, 0.15) is 5.69 Å². The molecule has 1 aromatic carbocycles. The van der Waals surface area contributed by atoms with Crippen LogP contribution in [-0.2, 0) is 10.0 Å². The second-order valence-electron chi connectivity index (χ2n) is 4.93. The van der Waals surface area contributed by atoms with Gasteiger partial charge >= 0.3 is 5.69 Å². The maximum absolute atomic E-state index is 12.5. The number of nitrogen functional groups attached to an aromatic ring is 1. The van der Waals surface area contributed by atoms with Crippen LogP contribution in [0.3, 0.4) is 0 Å². The van der Waals surface area contributed by atoms with Crippen LogP contribution in [-0.4, -0.2) is 18.9 Å². The Bertz CT molecular complexity index is 626. The molecule has 0 spiro atoms. The lowest BCUT2D eigenvalue weighted by atomic mass is 9.98. The number of anilines is 1. The maximum atomic E-state index is 12.5. The third kappa shape index (κ3) is 3.69. The highest BCUT2D eigenvalue weighted by Crippen LogP contribution is 2.32. The highest BCUT2D eigenvalue weighted by molar-refractivity contribution is 7.89. The van der Waals surface area contributed by atoms with Crippen molar-refractivity contribution in [1.82, 2.24) is 4.72 Å². The number of hydrazine groups is 1. The lowest BCUT2D eigenvalue weighted by Gasteiger charge is -2.27. The molecule has 1 aromatic rings. The van der Waals surface area contributed by atoms with E-state index in [4.69, 9.17) is 5.84 Å². The van der Waals surface area contributed by atoms with Crippen LogP contribution in [0.5, 0.6) is 0 Å². The minimum atomic E-state index is -4.04. The van der Waals surface area contributed by atoms with Crippen molar-refractivity contribution >= 4 is 21.4 Å². The number of hydrogen-bond acceptors (Lipinski definition) is 6. The van der Waals surface area contributed by atoms with Crippen molar-refractivity contribution in [2.24, 2.45) is 5.84 Å². The van der Waals surface area contributed by atoms with E-state index in [1.54, 1.807) is 6.92 Å². The molecule has 118 valence electrons. The topological polar surface area (TPSA) is 127 Å². The monoisotopic (exact) mass is 316 g/mol. The van der Waals surface area contributed by atoms with Crippen molar-refractivity contribution in [3.05, 3.63) is 28.3 Å². The number of rotatable bonds is 7. The average molecular weight is 316 g/mol. The SMILES string of the molecule is CCC(C)(CC)NS(=O)(=O)c1cccc(NN)c1[N+](=O)[O-]. The second-order valence-corrected chi connectivity index (χ2v) is 6.58. The number of nitrogens with zero attached hydrogens (tertiary/aromatic N) is 1. The van der Waals surface area contributed by atoms with Gasteiger partial charge in [-0.05, 0) is 31.9 Å². The summed E-state index contributed by atoms with van der Waals surface area (Å²) in [5.41, 5.74) is 0.853. The molecule has 0 fully saturated rings. The Kier molecular flexibility index (Phi) is 5.26. The minimum Gasteiger partial charge on any atom is -0.318 e. The van der Waals surface area contributed by atoms with Gasteiger partial charge in [-0.2, -0.15) is 0 Å². The Labute approximate surface area is 123 Å². The van der Waals surface area contributed by atoms with Gasteiger partial charge in [0.2, 0.25) is 10.0 Å². The van der Waals surface area contributed by atoms with Crippen LogP contribution in [0.1, 0.15) is 33.6 Å². The largest absolute Gasteiger partial charge is 0.318 e. The fourth-order valence-corrected chi connectivity index (χ4v) is 3.56. The van der Waals surface area contributed by atoms with Gasteiger partial charge in [-0.1, -0.05) is 19.9 Å². The molecule has 0 bridgehead atoms. The van der Waals surface area contributed by atoms with Crippen molar-refractivity contribution in [3.63, 3.8) is 0 Å². The van der Waals surface area contributed by atoms with Crippen LogP contribution in [0.4, 0.5) is 11.4 Å². The van der Waals surface area contributed by atoms with Crippen molar-refractivity contribution in [1.29, 1.82) is 0 Å². The van der Waals surface area contributed by atoms with E-state index in [2.05, 4.69) is 10.1 Å². The molecule has 0 unspecified atom stereocenters. The molecular formula is C12H20N4O4S. The lowest BCUT2D eigenvalue weighted by molar-refractivity contribution is -0.386. The predicted molar refractivity (Wildman–Crippen MR) is 80.2 cm³/mol. The van der Waals surface area contributed by atoms with Gasteiger partial charge in [0.25, 0.3) is 0 Å². The molecule has 0 aliphatic heterocycles. The molecule has 4 N–H and O–H groups in total. The normalized spacial score (nSPS) is 12.2. The zero-order valence-corrected chi connectivity index (χ0v) is 13.0. The van der Waals surface area contributed by atoms with Crippen LogP contribution < -0.4 is 16.0 Å². The Morgan fingerprint density at radius 3 is 2.33 bits per heavy atom. The maximum Gasteiger partial charge on any atom is 0.313 e. The number of nitro groups is 1. The molecule has 21 heavy (non-hydrogen) atoms. The molecule has 0 amide bonds. The van der Waals surface area contributed by atoms with Crippen molar-refractivity contribution in [2.45, 2.75) is 44.0 Å². The van der Waals surface area contributed by atoms with E-state index in [1.165, 1.54) is 18.2 Å². The van der Waals surface area contributed by atoms with Crippen LogP contribution in [0, 0.1) is 10.1 Å². The van der Waals surface area contributed by atoms with Crippen LogP contribution in [0.2, 0.25) is 0 Å². The van der Waals surface area contributed by atoms with Gasteiger partial charge in [-0.3, -0.25) is 16.0 Å². The van der Waals surface area contributed by atoms with Crippen LogP contribution >= 0.6 is 0 Å². The summed E-state index contributed by atoms with van der Waals surface area (Å²) in [4.78, 5) is 10.00. The summed E-state index contributed by atoms with van der Waals surface area (Å²) in [6.45, 7) is 5.44. The molecule has 9 heteroatoms. The number of nitrogens with one attached hydrogen (secondary N) is 2. The smallest absolute Gasteiger partial charge is 0.313 e. The standard InChI is InChI=1S/C12H20N4O4S/c1-4-12(3,5-2)15-21(19,20)10-8-6-7-9(14-13)11(10)16(17)18/h6-8,14-15H,4-5,13H2,1-3H3. The molecule has 0 aliphatic carbocycles. The van der Waals surface area contributed by atoms with Crippen molar-refractivity contribution in [2.75, 3.05) is 5.43 Å². The Morgan fingerprint density at radius 1 is 1.33 bits per heavy atom. The van der Waals surface area contributed by atoms with Crippen molar-refractivity contribution < 1.29 is 13.3 Å². The third-order valence-corrected chi connectivity index (χ3v) is 5.24. The molecule has 0 saturated heterocycles. The van der Waals surface area contributed by atoms with Crippen LogP contribution in [0.15, 0.2) is 23.1 Å². The summed E-state index contributed by atoms with van der Waals surface area (Å²) in [5, 5.41) is 11.2. The summed E-state index contributed by atoms with van der Waals surface area (Å²) >= 11 is 0. The fourth-order valence-electron chi connectivity index (χ4n) is 1.82. The molecule has 0 radical (unpaired) electrons. The number of benzene rings is 1. The molecule has 0 atom stereocenters. The van der Waals surface area contributed by atoms with E-state index in [9.17, 15) is 18.5 Å². The zero-order valence-electron chi connectivity index (χ0n) is 12.2. The second kappa shape index (κ2) is 6.37. The number of nitro benzene ring substituents is 1. The first-order valence-electron chi connectivity index (χ1n) is 6.48. The number of para-hydroxylation sites is 1. The summed E-state index contributed by atoms with van der Waals surface area (Å²) < 4.78 is 27.5. The van der Waals surface area contributed by atoms with E-state index in [1.807, 2.05) is 13.8 Å². The first-order valence-corrected chi connectivity index (χ1v) is 7.97. The fraction of sp³-hybridized carbons (Fsp3) is 0.500.